The van der Waals surface area contributed by atoms with Gasteiger partial charge in [0.1, 0.15) is 5.75 Å². The number of unbranched alkanes of at least 4 members (excludes halogenated alkanes) is 7. The van der Waals surface area contributed by atoms with E-state index in [0.717, 1.165) is 37.4 Å². The van der Waals surface area contributed by atoms with Gasteiger partial charge in [-0.15, -0.1) is 6.58 Å². The summed E-state index contributed by atoms with van der Waals surface area (Å²) in [7, 11) is 0. The second-order valence-corrected chi connectivity index (χ2v) is 10.1. The Hall–Kier alpha value is -2.10. The summed E-state index contributed by atoms with van der Waals surface area (Å²) in [6, 6.07) is 17.0. The van der Waals surface area contributed by atoms with Gasteiger partial charge in [-0.3, -0.25) is 0 Å². The highest BCUT2D eigenvalue weighted by Gasteiger charge is 2.23. The molecule has 1 heterocycles. The van der Waals surface area contributed by atoms with Gasteiger partial charge < -0.3 is 14.2 Å². The van der Waals surface area contributed by atoms with E-state index in [2.05, 4.69) is 69.0 Å². The molecule has 2 aromatic rings. The Balaban J connectivity index is 1.40. The lowest BCUT2D eigenvalue weighted by atomic mass is 10.0. The summed E-state index contributed by atoms with van der Waals surface area (Å²) in [6.07, 6.45) is 15.7. The van der Waals surface area contributed by atoms with Gasteiger partial charge in [0.25, 0.3) is 0 Å². The zero-order chi connectivity index (χ0) is 24.7. The molecule has 3 heteroatoms. The van der Waals surface area contributed by atoms with Gasteiger partial charge in [0.05, 0.1) is 19.3 Å². The largest absolute Gasteiger partial charge is 0.491 e. The van der Waals surface area contributed by atoms with Gasteiger partial charge in [-0.05, 0) is 62.3 Å². The minimum Gasteiger partial charge on any atom is -0.491 e. The van der Waals surface area contributed by atoms with Crippen LogP contribution in [0.5, 0.6) is 5.75 Å². The lowest BCUT2D eigenvalue weighted by Gasteiger charge is -2.29. The van der Waals surface area contributed by atoms with Crippen molar-refractivity contribution in [3.8, 4) is 16.9 Å². The Kier molecular flexibility index (Phi) is 12.4. The summed E-state index contributed by atoms with van der Waals surface area (Å²) in [4.78, 5) is 0. The molecule has 1 aliphatic heterocycles. The predicted molar refractivity (Wildman–Crippen MR) is 147 cm³/mol. The molecule has 0 N–H and O–H groups in total. The van der Waals surface area contributed by atoms with Crippen LogP contribution >= 0.6 is 0 Å². The zero-order valence-corrected chi connectivity index (χ0v) is 22.1. The maximum atomic E-state index is 6.10. The fourth-order valence-electron chi connectivity index (χ4n) is 4.69. The third kappa shape index (κ3) is 9.82. The Morgan fingerprint density at radius 2 is 1.49 bits per heavy atom. The van der Waals surface area contributed by atoms with Crippen molar-refractivity contribution in [3.63, 3.8) is 0 Å². The molecule has 35 heavy (non-hydrogen) atoms. The molecule has 0 aliphatic carbocycles. The van der Waals surface area contributed by atoms with E-state index in [4.69, 9.17) is 14.2 Å². The van der Waals surface area contributed by atoms with Crippen LogP contribution in [0.15, 0.2) is 61.2 Å². The molecule has 0 aromatic heterocycles. The van der Waals surface area contributed by atoms with Crippen molar-refractivity contribution in [3.05, 3.63) is 66.7 Å². The van der Waals surface area contributed by atoms with Crippen LogP contribution in [0.4, 0.5) is 0 Å². The lowest BCUT2D eigenvalue weighted by molar-refractivity contribution is -0.206. The molecular formula is C32H46O3. The number of hydrogen-bond acceptors (Lipinski definition) is 3. The summed E-state index contributed by atoms with van der Waals surface area (Å²) in [5.74, 6) is 1.47. The van der Waals surface area contributed by atoms with Crippen LogP contribution in [0.25, 0.3) is 11.1 Å². The van der Waals surface area contributed by atoms with Crippen molar-refractivity contribution in [2.75, 3.05) is 13.2 Å². The van der Waals surface area contributed by atoms with Gasteiger partial charge in [0.15, 0.2) is 6.29 Å². The Morgan fingerprint density at radius 3 is 2.14 bits per heavy atom. The molecule has 1 aliphatic rings. The second-order valence-electron chi connectivity index (χ2n) is 10.1. The SMILES string of the molecule is C=CCCCCCCC1COC(c2ccc(-c3ccc(O[C@@H](C)CCCCCC)cc3)cc2)OC1. The maximum absolute atomic E-state index is 6.10. The Bertz CT molecular complexity index is 819. The van der Waals surface area contributed by atoms with Crippen LogP contribution in [0.3, 0.4) is 0 Å². The fraction of sp³-hybridized carbons (Fsp3) is 0.562. The molecule has 1 fully saturated rings. The van der Waals surface area contributed by atoms with E-state index in [-0.39, 0.29) is 12.4 Å². The monoisotopic (exact) mass is 478 g/mol. The number of allylic oxidation sites excluding steroid dienone is 1. The molecular weight excluding hydrogens is 432 g/mol. The van der Waals surface area contributed by atoms with E-state index < -0.39 is 0 Å². The zero-order valence-electron chi connectivity index (χ0n) is 22.1. The van der Waals surface area contributed by atoms with E-state index in [1.807, 2.05) is 6.08 Å². The first kappa shape index (κ1) is 27.5. The molecule has 192 valence electrons. The molecule has 3 nitrogen and oxygen atoms in total. The predicted octanol–water partition coefficient (Wildman–Crippen LogP) is 9.28. The first-order valence-electron chi connectivity index (χ1n) is 13.9. The van der Waals surface area contributed by atoms with Gasteiger partial charge in [-0.1, -0.05) is 87.9 Å². The quantitative estimate of drug-likeness (QED) is 0.178. The molecule has 0 radical (unpaired) electrons. The minimum atomic E-state index is -0.248. The minimum absolute atomic E-state index is 0.248. The highest BCUT2D eigenvalue weighted by Crippen LogP contribution is 2.30. The summed E-state index contributed by atoms with van der Waals surface area (Å²) in [6.45, 7) is 9.78. The average molecular weight is 479 g/mol. The highest BCUT2D eigenvalue weighted by molar-refractivity contribution is 5.64. The number of rotatable bonds is 16. The second kappa shape index (κ2) is 15.8. The van der Waals surface area contributed by atoms with E-state index in [9.17, 15) is 0 Å². The average Bonchev–Trinajstić information content (AvgIpc) is 2.90. The molecule has 3 rings (SSSR count). The third-order valence-corrected chi connectivity index (χ3v) is 6.91. The van der Waals surface area contributed by atoms with Crippen molar-refractivity contribution in [1.82, 2.24) is 0 Å². The number of ether oxygens (including phenoxy) is 3. The maximum Gasteiger partial charge on any atom is 0.183 e. The Labute approximate surface area is 213 Å². The smallest absolute Gasteiger partial charge is 0.183 e. The molecule has 1 atom stereocenters. The third-order valence-electron chi connectivity index (χ3n) is 6.91. The summed E-state index contributed by atoms with van der Waals surface area (Å²) < 4.78 is 18.2. The van der Waals surface area contributed by atoms with Gasteiger partial charge in [-0.2, -0.15) is 0 Å². The molecule has 0 amide bonds. The van der Waals surface area contributed by atoms with Crippen molar-refractivity contribution >= 4 is 0 Å². The molecule has 1 saturated heterocycles. The standard InChI is InChI=1S/C32H46O3/c1-4-6-8-10-11-13-15-27-24-33-32(34-25-27)30-18-16-28(17-19-30)29-20-22-31(23-21-29)35-26(3)14-12-9-7-5-2/h4,16-23,26-27,32H,1,5-15,24-25H2,2-3H3/t26-,27?,32?/m0/s1. The number of hydrogen-bond donors (Lipinski definition) is 0. The topological polar surface area (TPSA) is 27.7 Å². The van der Waals surface area contributed by atoms with E-state index in [1.54, 1.807) is 0 Å². The van der Waals surface area contributed by atoms with Crippen LogP contribution in [-0.2, 0) is 9.47 Å². The van der Waals surface area contributed by atoms with E-state index in [1.165, 1.54) is 68.9 Å². The van der Waals surface area contributed by atoms with Crippen molar-refractivity contribution < 1.29 is 14.2 Å². The van der Waals surface area contributed by atoms with Gasteiger partial charge in [0.2, 0.25) is 0 Å². The first-order chi connectivity index (χ1) is 17.2. The lowest BCUT2D eigenvalue weighted by Crippen LogP contribution is -2.27. The van der Waals surface area contributed by atoms with Crippen LogP contribution < -0.4 is 4.74 Å². The van der Waals surface area contributed by atoms with E-state index >= 15 is 0 Å². The molecule has 2 aromatic carbocycles. The molecule has 0 unspecified atom stereocenters. The molecule has 0 bridgehead atoms. The summed E-state index contributed by atoms with van der Waals surface area (Å²) >= 11 is 0. The first-order valence-corrected chi connectivity index (χ1v) is 13.9. The highest BCUT2D eigenvalue weighted by atomic mass is 16.7. The number of benzene rings is 2. The van der Waals surface area contributed by atoms with Gasteiger partial charge in [-0.25, -0.2) is 0 Å². The van der Waals surface area contributed by atoms with Crippen LogP contribution in [0.1, 0.15) is 96.3 Å². The van der Waals surface area contributed by atoms with Crippen LogP contribution in [0.2, 0.25) is 0 Å². The Morgan fingerprint density at radius 1 is 0.857 bits per heavy atom. The molecule has 0 saturated carbocycles. The van der Waals surface area contributed by atoms with Gasteiger partial charge in [0, 0.05) is 11.5 Å². The van der Waals surface area contributed by atoms with Gasteiger partial charge >= 0.3 is 0 Å². The normalized spacial score (nSPS) is 18.8. The summed E-state index contributed by atoms with van der Waals surface area (Å²) in [5, 5.41) is 0. The summed E-state index contributed by atoms with van der Waals surface area (Å²) in [5.41, 5.74) is 3.48. The van der Waals surface area contributed by atoms with Crippen LogP contribution in [-0.4, -0.2) is 19.3 Å². The van der Waals surface area contributed by atoms with E-state index in [0.29, 0.717) is 5.92 Å². The van der Waals surface area contributed by atoms with Crippen molar-refractivity contribution in [2.24, 2.45) is 5.92 Å². The van der Waals surface area contributed by atoms with Crippen molar-refractivity contribution in [2.45, 2.75) is 96.9 Å². The van der Waals surface area contributed by atoms with Crippen molar-refractivity contribution in [1.29, 1.82) is 0 Å². The molecule has 0 spiro atoms. The fourth-order valence-corrected chi connectivity index (χ4v) is 4.69. The van der Waals surface area contributed by atoms with Crippen LogP contribution in [0, 0.1) is 5.92 Å².